The Bertz CT molecular complexity index is 2040. The van der Waals surface area contributed by atoms with Gasteiger partial charge in [-0.15, -0.1) is 0 Å². The molecule has 2 aromatic rings. The number of rotatable bonds is 6. The molecule has 4 aliphatic rings. The van der Waals surface area contributed by atoms with Gasteiger partial charge < -0.3 is 50.7 Å². The third-order valence-corrected chi connectivity index (χ3v) is 12.0. The molecule has 4 heterocycles. The number of urea groups is 1. The lowest BCUT2D eigenvalue weighted by molar-refractivity contribution is -0.165. The summed E-state index contributed by atoms with van der Waals surface area (Å²) in [5, 5.41) is 21.4. The number of amides is 7. The summed E-state index contributed by atoms with van der Waals surface area (Å²) < 4.78 is 20.6. The number of cyclic esters (lactones) is 1. The molecule has 0 aliphatic carbocycles. The van der Waals surface area contributed by atoms with Crippen molar-refractivity contribution < 1.29 is 47.8 Å². The van der Waals surface area contributed by atoms with E-state index >= 15 is 0 Å². The van der Waals surface area contributed by atoms with E-state index in [0.29, 0.717) is 12.1 Å². The minimum absolute atomic E-state index is 0.0179. The van der Waals surface area contributed by atoms with Gasteiger partial charge in [-0.2, -0.15) is 0 Å². The number of nitrogens with zero attached hydrogens (tertiary/aromatic N) is 4. The van der Waals surface area contributed by atoms with Gasteiger partial charge in [0.25, 0.3) is 0 Å². The quantitative estimate of drug-likeness (QED) is 0.262. The fraction of sp³-hybridized carbons (Fsp3) is 0.548. The number of hydrogen-bond donors (Lipinski definition) is 5. The molecule has 4 fully saturated rings. The number of benzene rings is 2. The number of fused-ring (bicyclic) bond motifs is 3. The zero-order chi connectivity index (χ0) is 44.3. The van der Waals surface area contributed by atoms with Gasteiger partial charge in [0.15, 0.2) is 0 Å². The number of piperazine rings is 1. The van der Waals surface area contributed by atoms with Crippen LogP contribution in [-0.4, -0.2) is 154 Å². The van der Waals surface area contributed by atoms with E-state index in [2.05, 4.69) is 21.3 Å². The summed E-state index contributed by atoms with van der Waals surface area (Å²) >= 11 is 5.89. The topological polar surface area (TPSA) is 210 Å². The molecule has 0 aromatic heterocycles. The van der Waals surface area contributed by atoms with E-state index < -0.39 is 95.8 Å². The summed E-state index contributed by atoms with van der Waals surface area (Å²) in [6.07, 6.45) is -2.16. The maximum absolute atomic E-state index is 15.0. The number of piperidine rings is 1. The third-order valence-electron chi connectivity index (χ3n) is 11.7. The van der Waals surface area contributed by atoms with Crippen LogP contribution in [0.3, 0.4) is 0 Å². The lowest BCUT2D eigenvalue weighted by Crippen LogP contribution is -2.67. The SMILES string of the molecule is Cc1cccc(C[C@H](NC(=O)Nc2ccc(Cl)cc2F)C(=O)N[C@@H]2C(=O)N3C[C@H](O)CC[C@H]3C(=O)N3CCN(C)C[C@H]3C(=O)N[C@@H](C)C(=O)N3C[C@H](C)C[C@H]3C(=O)O[C@H]2C)c1. The number of aliphatic hydroxyl groups is 1. The largest absolute Gasteiger partial charge is 0.458 e. The summed E-state index contributed by atoms with van der Waals surface area (Å²) in [7, 11) is 1.80. The smallest absolute Gasteiger partial charge is 0.329 e. The van der Waals surface area contributed by atoms with E-state index in [4.69, 9.17) is 16.3 Å². The summed E-state index contributed by atoms with van der Waals surface area (Å²) in [6.45, 7) is 7.17. The predicted octanol–water partition coefficient (Wildman–Crippen LogP) is 1.19. The first-order valence-corrected chi connectivity index (χ1v) is 20.9. The van der Waals surface area contributed by atoms with Gasteiger partial charge in [-0.05, 0) is 76.8 Å². The average molecular weight is 869 g/mol. The molecule has 7 amide bonds. The third kappa shape index (κ3) is 10.6. The van der Waals surface area contributed by atoms with Crippen LogP contribution in [0.15, 0.2) is 42.5 Å². The highest BCUT2D eigenvalue weighted by Crippen LogP contribution is 2.28. The molecule has 5 N–H and O–H groups in total. The zero-order valence-electron chi connectivity index (χ0n) is 34.9. The lowest BCUT2D eigenvalue weighted by Gasteiger charge is -2.45. The van der Waals surface area contributed by atoms with Crippen molar-refractivity contribution in [2.45, 2.75) is 102 Å². The molecular weight excluding hydrogens is 815 g/mol. The molecule has 0 bridgehead atoms. The van der Waals surface area contributed by atoms with E-state index in [-0.39, 0.29) is 68.5 Å². The van der Waals surface area contributed by atoms with E-state index in [9.17, 15) is 43.1 Å². The van der Waals surface area contributed by atoms with Crippen LogP contribution in [0.2, 0.25) is 5.02 Å². The molecule has 17 nitrogen and oxygen atoms in total. The normalized spacial score (nSPS) is 28.5. The van der Waals surface area contributed by atoms with Crippen LogP contribution in [0.25, 0.3) is 0 Å². The number of halogens is 2. The van der Waals surface area contributed by atoms with Crippen LogP contribution in [-0.2, 0) is 39.9 Å². The summed E-state index contributed by atoms with van der Waals surface area (Å²) in [5.41, 5.74) is 1.28. The molecule has 61 heavy (non-hydrogen) atoms. The van der Waals surface area contributed by atoms with E-state index in [0.717, 1.165) is 16.5 Å². The summed E-state index contributed by atoms with van der Waals surface area (Å²) in [5.74, 6) is -5.23. The van der Waals surface area contributed by atoms with Crippen molar-refractivity contribution in [3.8, 4) is 0 Å². The molecule has 9 atom stereocenters. The van der Waals surface area contributed by atoms with Crippen LogP contribution in [0.1, 0.15) is 51.2 Å². The molecule has 0 saturated carbocycles. The van der Waals surface area contributed by atoms with Crippen molar-refractivity contribution in [1.29, 1.82) is 0 Å². The Morgan fingerprint density at radius 1 is 0.918 bits per heavy atom. The van der Waals surface area contributed by atoms with Gasteiger partial charge in [-0.3, -0.25) is 24.0 Å². The minimum Gasteiger partial charge on any atom is -0.458 e. The second-order valence-electron chi connectivity index (χ2n) is 16.7. The molecule has 2 aromatic carbocycles. The molecule has 4 saturated heterocycles. The Hall–Kier alpha value is -5.33. The van der Waals surface area contributed by atoms with E-state index in [1.807, 2.05) is 24.8 Å². The molecule has 0 radical (unpaired) electrons. The molecule has 6 rings (SSSR count). The highest BCUT2D eigenvalue weighted by atomic mass is 35.5. The number of carbonyl (C=O) groups is 7. The number of likely N-dealkylation sites (N-methyl/N-ethyl adjacent to an activating group) is 1. The maximum Gasteiger partial charge on any atom is 0.329 e. The van der Waals surface area contributed by atoms with Gasteiger partial charge in [0, 0.05) is 44.2 Å². The highest BCUT2D eigenvalue weighted by molar-refractivity contribution is 6.30. The second-order valence-corrected chi connectivity index (χ2v) is 17.2. The fourth-order valence-corrected chi connectivity index (χ4v) is 8.68. The Labute approximate surface area is 358 Å². The van der Waals surface area contributed by atoms with Crippen LogP contribution in [0.4, 0.5) is 14.9 Å². The van der Waals surface area contributed by atoms with Gasteiger partial charge in [0.05, 0.1) is 11.8 Å². The highest BCUT2D eigenvalue weighted by Gasteiger charge is 2.48. The van der Waals surface area contributed by atoms with Gasteiger partial charge >= 0.3 is 12.0 Å². The van der Waals surface area contributed by atoms with Crippen molar-refractivity contribution in [1.82, 2.24) is 35.6 Å². The van der Waals surface area contributed by atoms with Crippen molar-refractivity contribution >= 4 is 58.8 Å². The average Bonchev–Trinajstić information content (AvgIpc) is 3.60. The van der Waals surface area contributed by atoms with Crippen LogP contribution in [0.5, 0.6) is 0 Å². The van der Waals surface area contributed by atoms with E-state index in [1.54, 1.807) is 25.2 Å². The van der Waals surface area contributed by atoms with Gasteiger partial charge in [0.2, 0.25) is 29.5 Å². The molecule has 0 unspecified atom stereocenters. The Morgan fingerprint density at radius 3 is 2.38 bits per heavy atom. The standard InChI is InChI=1S/C42H54ClFN8O9/c1-22-7-6-8-26(15-22)17-31(47-42(60)46-30-11-9-27(43)18-29(30)44)36(54)48-35-25(4)61-41(59)33-16-23(2)19-51(33)38(56)24(3)45-37(55)34-21-49(5)13-14-50(34)39(57)32-12-10-28(53)20-52(32)40(35)58/h6-9,11,15,18,23-25,28,31-35,53H,10,12-14,16-17,19-21H2,1-5H3,(H,45,55)(H,48,54)(H2,46,47,60)/t23-,24+,25+,28-,31+,32+,33+,34+,35+/m1/s1. The molecule has 330 valence electrons. The van der Waals surface area contributed by atoms with Gasteiger partial charge in [-0.1, -0.05) is 48.4 Å². The van der Waals surface area contributed by atoms with Crippen molar-refractivity contribution in [3.05, 3.63) is 64.4 Å². The Balaban J connectivity index is 1.37. The number of carbonyl (C=O) groups excluding carboxylic acids is 7. The Kier molecular flexibility index (Phi) is 14.2. The molecular formula is C42H54ClFN8O9. The monoisotopic (exact) mass is 868 g/mol. The van der Waals surface area contributed by atoms with Crippen molar-refractivity contribution in [2.75, 3.05) is 45.1 Å². The molecule has 4 aliphatic heterocycles. The first kappa shape index (κ1) is 45.2. The summed E-state index contributed by atoms with van der Waals surface area (Å²) in [4.78, 5) is 105. The number of aliphatic hydroxyl groups excluding tert-OH is 1. The van der Waals surface area contributed by atoms with Gasteiger partial charge in [-0.25, -0.2) is 14.0 Å². The first-order valence-electron chi connectivity index (χ1n) is 20.6. The Morgan fingerprint density at radius 2 is 1.66 bits per heavy atom. The number of ether oxygens (including phenoxy) is 1. The number of aryl methyl sites for hydroxylation is 1. The number of nitrogens with one attached hydrogen (secondary N) is 4. The predicted molar refractivity (Wildman–Crippen MR) is 220 cm³/mol. The minimum atomic E-state index is -1.68. The second kappa shape index (κ2) is 19.2. The number of anilines is 1. The maximum atomic E-state index is 15.0. The van der Waals surface area contributed by atoms with Crippen molar-refractivity contribution in [2.24, 2.45) is 5.92 Å². The first-order chi connectivity index (χ1) is 28.9. The molecule has 19 heteroatoms. The fourth-order valence-electron chi connectivity index (χ4n) is 8.52. The van der Waals surface area contributed by atoms with E-state index in [1.165, 1.54) is 35.8 Å². The zero-order valence-corrected chi connectivity index (χ0v) is 35.6. The van der Waals surface area contributed by atoms with Crippen LogP contribution in [0, 0.1) is 18.7 Å². The number of hydrogen-bond acceptors (Lipinski definition) is 10. The van der Waals surface area contributed by atoms with Crippen molar-refractivity contribution in [3.63, 3.8) is 0 Å². The van der Waals surface area contributed by atoms with Crippen LogP contribution >= 0.6 is 11.6 Å². The lowest BCUT2D eigenvalue weighted by atomic mass is 9.95. The summed E-state index contributed by atoms with van der Waals surface area (Å²) in [6, 6.07) is 2.38. The molecule has 0 spiro atoms. The number of esters is 1. The van der Waals surface area contributed by atoms with Gasteiger partial charge in [0.1, 0.15) is 48.2 Å². The van der Waals surface area contributed by atoms with Crippen LogP contribution < -0.4 is 21.3 Å².